The Kier molecular flexibility index (Phi) is 3.58. The number of rotatable bonds is 4. The highest BCUT2D eigenvalue weighted by Gasteiger charge is 2.15. The van der Waals surface area contributed by atoms with Gasteiger partial charge in [-0.15, -0.1) is 11.3 Å². The molecule has 0 aromatic carbocycles. The highest BCUT2D eigenvalue weighted by molar-refractivity contribution is 7.12. The third kappa shape index (κ3) is 2.55. The molecule has 0 saturated carbocycles. The Morgan fingerprint density at radius 3 is 3.12 bits per heavy atom. The zero-order valence-corrected chi connectivity index (χ0v) is 10.7. The molecule has 2 heterocycles. The van der Waals surface area contributed by atoms with E-state index in [9.17, 15) is 4.79 Å². The Morgan fingerprint density at radius 2 is 2.47 bits per heavy atom. The molecule has 1 atom stereocenters. The predicted molar refractivity (Wildman–Crippen MR) is 68.2 cm³/mol. The number of carbonyl (C=O) groups excluding carboxylic acids is 1. The number of aromatic nitrogens is 2. The number of H-pyrrole nitrogens is 1. The van der Waals surface area contributed by atoms with Crippen molar-refractivity contribution in [2.45, 2.75) is 26.3 Å². The molecule has 2 N–H and O–H groups in total. The number of nitrogens with one attached hydrogen (secondary N) is 2. The van der Waals surface area contributed by atoms with E-state index in [1.165, 1.54) is 11.3 Å². The summed E-state index contributed by atoms with van der Waals surface area (Å²) in [5.74, 6) is -0.00875. The van der Waals surface area contributed by atoms with Gasteiger partial charge in [0.25, 0.3) is 5.91 Å². The second-order valence-corrected chi connectivity index (χ2v) is 4.77. The van der Waals surface area contributed by atoms with Gasteiger partial charge in [0, 0.05) is 11.8 Å². The number of hydrogen-bond acceptors (Lipinski definition) is 3. The number of aryl methyl sites for hydroxylation is 1. The van der Waals surface area contributed by atoms with E-state index in [0.29, 0.717) is 0 Å². The van der Waals surface area contributed by atoms with E-state index < -0.39 is 0 Å². The minimum absolute atomic E-state index is 0.00875. The van der Waals surface area contributed by atoms with Crippen LogP contribution >= 0.6 is 11.3 Å². The van der Waals surface area contributed by atoms with Crippen molar-refractivity contribution in [2.75, 3.05) is 0 Å². The van der Waals surface area contributed by atoms with Gasteiger partial charge in [0.05, 0.1) is 17.1 Å². The molecule has 90 valence electrons. The average molecular weight is 249 g/mol. The van der Waals surface area contributed by atoms with Crippen LogP contribution < -0.4 is 5.32 Å². The minimum Gasteiger partial charge on any atom is -0.345 e. The first-order chi connectivity index (χ1) is 8.22. The molecule has 0 bridgehead atoms. The van der Waals surface area contributed by atoms with E-state index in [1.54, 1.807) is 12.4 Å². The van der Waals surface area contributed by atoms with Crippen molar-refractivity contribution >= 4 is 17.2 Å². The molecule has 2 aromatic rings. The van der Waals surface area contributed by atoms with Crippen molar-refractivity contribution in [2.24, 2.45) is 0 Å². The Bertz CT molecular complexity index is 490. The van der Waals surface area contributed by atoms with Crippen LogP contribution in [0.3, 0.4) is 0 Å². The molecule has 5 heteroatoms. The molecule has 2 aromatic heterocycles. The van der Waals surface area contributed by atoms with Crippen LogP contribution in [0.5, 0.6) is 0 Å². The molecule has 1 unspecified atom stereocenters. The number of carbonyl (C=O) groups is 1. The molecule has 0 aliphatic carbocycles. The number of thiophene rings is 1. The maximum Gasteiger partial charge on any atom is 0.262 e. The van der Waals surface area contributed by atoms with E-state index in [4.69, 9.17) is 0 Å². The summed E-state index contributed by atoms with van der Waals surface area (Å²) in [7, 11) is 0. The van der Waals surface area contributed by atoms with Crippen LogP contribution in [-0.4, -0.2) is 16.1 Å². The number of aromatic amines is 1. The highest BCUT2D eigenvalue weighted by Crippen LogP contribution is 2.19. The molecule has 1 amide bonds. The summed E-state index contributed by atoms with van der Waals surface area (Å²) in [6.45, 7) is 4.00. The second-order valence-electron chi connectivity index (χ2n) is 3.86. The normalized spacial score (nSPS) is 12.4. The summed E-state index contributed by atoms with van der Waals surface area (Å²) in [5.41, 5.74) is 2.08. The molecule has 17 heavy (non-hydrogen) atoms. The van der Waals surface area contributed by atoms with Crippen LogP contribution in [0, 0.1) is 0 Å². The van der Waals surface area contributed by atoms with Gasteiger partial charge in [0.1, 0.15) is 0 Å². The summed E-state index contributed by atoms with van der Waals surface area (Å²) < 4.78 is 0. The van der Waals surface area contributed by atoms with Gasteiger partial charge in [-0.25, -0.2) is 0 Å². The third-order valence-corrected chi connectivity index (χ3v) is 3.66. The van der Waals surface area contributed by atoms with Gasteiger partial charge < -0.3 is 5.32 Å². The van der Waals surface area contributed by atoms with Crippen molar-refractivity contribution in [3.8, 4) is 0 Å². The summed E-state index contributed by atoms with van der Waals surface area (Å²) >= 11 is 1.49. The molecule has 2 rings (SSSR count). The molecular weight excluding hydrogens is 234 g/mol. The monoisotopic (exact) mass is 249 g/mol. The molecule has 0 spiro atoms. The van der Waals surface area contributed by atoms with Gasteiger partial charge in [-0.3, -0.25) is 9.89 Å². The van der Waals surface area contributed by atoms with Gasteiger partial charge in [-0.05, 0) is 30.4 Å². The molecule has 4 nitrogen and oxygen atoms in total. The third-order valence-electron chi connectivity index (χ3n) is 2.70. The Balaban J connectivity index is 2.07. The van der Waals surface area contributed by atoms with Gasteiger partial charge >= 0.3 is 0 Å². The largest absolute Gasteiger partial charge is 0.345 e. The fourth-order valence-corrected chi connectivity index (χ4v) is 2.55. The van der Waals surface area contributed by atoms with Crippen molar-refractivity contribution in [1.29, 1.82) is 0 Å². The maximum absolute atomic E-state index is 12.1. The first-order valence-corrected chi connectivity index (χ1v) is 6.46. The standard InChI is InChI=1S/C12H15N3OS/c1-3-9-4-5-17-11(9)12(16)15-8(2)10-6-13-14-7-10/h4-8H,3H2,1-2H3,(H,13,14)(H,15,16). The zero-order chi connectivity index (χ0) is 12.3. The van der Waals surface area contributed by atoms with Gasteiger partial charge in [-0.2, -0.15) is 5.10 Å². The van der Waals surface area contributed by atoms with E-state index >= 15 is 0 Å². The predicted octanol–water partition coefficient (Wildman–Crippen LogP) is 2.52. The fourth-order valence-electron chi connectivity index (χ4n) is 1.66. The smallest absolute Gasteiger partial charge is 0.262 e. The Hall–Kier alpha value is -1.62. The molecule has 0 radical (unpaired) electrons. The van der Waals surface area contributed by atoms with Crippen LogP contribution in [-0.2, 0) is 6.42 Å². The van der Waals surface area contributed by atoms with Gasteiger partial charge in [-0.1, -0.05) is 6.92 Å². The van der Waals surface area contributed by atoms with Crippen LogP contribution in [0.2, 0.25) is 0 Å². The van der Waals surface area contributed by atoms with Crippen LogP contribution in [0.15, 0.2) is 23.8 Å². The lowest BCUT2D eigenvalue weighted by atomic mass is 10.1. The van der Waals surface area contributed by atoms with Crippen LogP contribution in [0.1, 0.15) is 40.7 Å². The number of nitrogens with zero attached hydrogens (tertiary/aromatic N) is 1. The molecule has 0 saturated heterocycles. The van der Waals surface area contributed by atoms with Crippen molar-refractivity contribution in [3.05, 3.63) is 39.8 Å². The summed E-state index contributed by atoms with van der Waals surface area (Å²) in [6.07, 6.45) is 4.40. The number of amides is 1. The summed E-state index contributed by atoms with van der Waals surface area (Å²) in [5, 5.41) is 11.5. The average Bonchev–Trinajstić information content (AvgIpc) is 2.99. The van der Waals surface area contributed by atoms with E-state index in [0.717, 1.165) is 22.4 Å². The lowest BCUT2D eigenvalue weighted by Gasteiger charge is -2.11. The maximum atomic E-state index is 12.1. The Morgan fingerprint density at radius 1 is 1.65 bits per heavy atom. The van der Waals surface area contributed by atoms with Crippen LogP contribution in [0.25, 0.3) is 0 Å². The van der Waals surface area contributed by atoms with E-state index in [1.807, 2.05) is 18.4 Å². The quantitative estimate of drug-likeness (QED) is 0.874. The zero-order valence-electron chi connectivity index (χ0n) is 9.86. The molecular formula is C12H15N3OS. The van der Waals surface area contributed by atoms with Crippen molar-refractivity contribution in [3.63, 3.8) is 0 Å². The van der Waals surface area contributed by atoms with E-state index in [2.05, 4.69) is 22.4 Å². The lowest BCUT2D eigenvalue weighted by molar-refractivity contribution is 0.0943. The first kappa shape index (κ1) is 11.9. The highest BCUT2D eigenvalue weighted by atomic mass is 32.1. The second kappa shape index (κ2) is 5.14. The van der Waals surface area contributed by atoms with E-state index in [-0.39, 0.29) is 11.9 Å². The number of hydrogen-bond donors (Lipinski definition) is 2. The molecule has 0 aliphatic heterocycles. The summed E-state index contributed by atoms with van der Waals surface area (Å²) in [4.78, 5) is 12.9. The lowest BCUT2D eigenvalue weighted by Crippen LogP contribution is -2.26. The molecule has 0 aliphatic rings. The fraction of sp³-hybridized carbons (Fsp3) is 0.333. The Labute approximate surface area is 104 Å². The van der Waals surface area contributed by atoms with Crippen molar-refractivity contribution < 1.29 is 4.79 Å². The summed E-state index contributed by atoms with van der Waals surface area (Å²) in [6, 6.07) is 1.97. The first-order valence-electron chi connectivity index (χ1n) is 5.58. The topological polar surface area (TPSA) is 57.8 Å². The minimum atomic E-state index is -0.0342. The van der Waals surface area contributed by atoms with Gasteiger partial charge in [0.15, 0.2) is 0 Å². The van der Waals surface area contributed by atoms with Gasteiger partial charge in [0.2, 0.25) is 0 Å². The molecule has 0 fully saturated rings. The SMILES string of the molecule is CCc1ccsc1C(=O)NC(C)c1cn[nH]c1. The van der Waals surface area contributed by atoms with Crippen molar-refractivity contribution in [1.82, 2.24) is 15.5 Å². The van der Waals surface area contributed by atoms with Crippen LogP contribution in [0.4, 0.5) is 0 Å².